The van der Waals surface area contributed by atoms with Crippen LogP contribution in [0.25, 0.3) is 10.9 Å². The quantitative estimate of drug-likeness (QED) is 0.796. The van der Waals surface area contributed by atoms with E-state index in [1.807, 2.05) is 13.0 Å². The predicted molar refractivity (Wildman–Crippen MR) is 63.3 cm³/mol. The Bertz CT molecular complexity index is 540. The number of aromatic nitrogens is 1. The number of fused-ring (bicyclic) bond motifs is 1. The zero-order valence-electron chi connectivity index (χ0n) is 9.13. The van der Waals surface area contributed by atoms with Crippen LogP contribution in [0, 0.1) is 0 Å². The second-order valence-electron chi connectivity index (χ2n) is 3.75. The summed E-state index contributed by atoms with van der Waals surface area (Å²) in [5.74, 6) is 0. The van der Waals surface area contributed by atoms with Crippen molar-refractivity contribution in [2.24, 2.45) is 0 Å². The summed E-state index contributed by atoms with van der Waals surface area (Å²) in [6.45, 7) is 4.11. The van der Waals surface area contributed by atoms with E-state index in [-0.39, 0.29) is 5.56 Å². The average Bonchev–Trinajstić information content (AvgIpc) is 2.27. The minimum Gasteiger partial charge on any atom is -0.322 e. The fraction of sp³-hybridized carbons (Fsp3) is 0.308. The molecule has 0 aliphatic rings. The third-order valence-electron chi connectivity index (χ3n) is 2.78. The lowest BCUT2D eigenvalue weighted by atomic mass is 10.1. The van der Waals surface area contributed by atoms with E-state index >= 15 is 0 Å². The van der Waals surface area contributed by atoms with Gasteiger partial charge in [-0.3, -0.25) is 4.79 Å². The Morgan fingerprint density at radius 1 is 1.13 bits per heavy atom. The van der Waals surface area contributed by atoms with Crippen molar-refractivity contribution in [1.82, 2.24) is 4.98 Å². The van der Waals surface area contributed by atoms with Gasteiger partial charge >= 0.3 is 0 Å². The van der Waals surface area contributed by atoms with Crippen molar-refractivity contribution in [2.75, 3.05) is 0 Å². The van der Waals surface area contributed by atoms with Crippen LogP contribution in [0.4, 0.5) is 0 Å². The molecule has 1 aromatic heterocycles. The van der Waals surface area contributed by atoms with Crippen LogP contribution in [0.3, 0.4) is 0 Å². The third kappa shape index (κ3) is 1.80. The highest BCUT2D eigenvalue weighted by Crippen LogP contribution is 2.14. The van der Waals surface area contributed by atoms with Crippen molar-refractivity contribution in [2.45, 2.75) is 26.7 Å². The van der Waals surface area contributed by atoms with Crippen LogP contribution in [-0.4, -0.2) is 4.98 Å². The molecule has 0 saturated carbocycles. The van der Waals surface area contributed by atoms with E-state index in [0.717, 1.165) is 29.3 Å². The molecule has 0 radical (unpaired) electrons. The molecule has 2 aromatic rings. The van der Waals surface area contributed by atoms with Gasteiger partial charge in [-0.2, -0.15) is 0 Å². The number of H-pyrrole nitrogens is 1. The minimum atomic E-state index is 0.0400. The number of benzene rings is 1. The van der Waals surface area contributed by atoms with Crippen molar-refractivity contribution >= 4 is 10.9 Å². The van der Waals surface area contributed by atoms with Crippen LogP contribution in [0.2, 0.25) is 0 Å². The van der Waals surface area contributed by atoms with Crippen molar-refractivity contribution in [3.63, 3.8) is 0 Å². The summed E-state index contributed by atoms with van der Waals surface area (Å²) in [6.07, 6.45) is 1.77. The molecule has 1 heterocycles. The Labute approximate surface area is 89.0 Å². The van der Waals surface area contributed by atoms with E-state index in [1.54, 1.807) is 0 Å². The van der Waals surface area contributed by atoms with Gasteiger partial charge in [0.2, 0.25) is 0 Å². The summed E-state index contributed by atoms with van der Waals surface area (Å²) < 4.78 is 0. The molecule has 0 atom stereocenters. The number of aromatic amines is 1. The third-order valence-corrected chi connectivity index (χ3v) is 2.78. The highest BCUT2D eigenvalue weighted by atomic mass is 16.1. The van der Waals surface area contributed by atoms with Crippen LogP contribution < -0.4 is 5.56 Å². The smallest absolute Gasteiger partial charge is 0.251 e. The van der Waals surface area contributed by atoms with E-state index in [4.69, 9.17) is 0 Å². The van der Waals surface area contributed by atoms with Crippen molar-refractivity contribution in [3.05, 3.63) is 45.7 Å². The highest BCUT2D eigenvalue weighted by molar-refractivity contribution is 5.79. The summed E-state index contributed by atoms with van der Waals surface area (Å²) >= 11 is 0. The molecular formula is C13H15NO. The maximum Gasteiger partial charge on any atom is 0.251 e. The maximum atomic E-state index is 11.6. The van der Waals surface area contributed by atoms with Gasteiger partial charge in [-0.05, 0) is 35.9 Å². The van der Waals surface area contributed by atoms with Gasteiger partial charge in [0.05, 0.1) is 0 Å². The zero-order chi connectivity index (χ0) is 10.8. The summed E-state index contributed by atoms with van der Waals surface area (Å²) in [5, 5.41) is 1.11. The lowest BCUT2D eigenvalue weighted by molar-refractivity contribution is 1.08. The molecule has 0 aliphatic carbocycles. The minimum absolute atomic E-state index is 0.0400. The van der Waals surface area contributed by atoms with E-state index in [2.05, 4.69) is 30.1 Å². The molecule has 2 rings (SSSR count). The average molecular weight is 201 g/mol. The van der Waals surface area contributed by atoms with Crippen LogP contribution in [0.15, 0.2) is 29.1 Å². The van der Waals surface area contributed by atoms with E-state index < -0.39 is 0 Å². The number of hydrogen-bond acceptors (Lipinski definition) is 1. The molecule has 0 unspecified atom stereocenters. The van der Waals surface area contributed by atoms with Gasteiger partial charge in [-0.1, -0.05) is 26.0 Å². The molecule has 0 bridgehead atoms. The lowest BCUT2D eigenvalue weighted by Crippen LogP contribution is -2.11. The number of pyridine rings is 1. The molecular weight excluding hydrogens is 186 g/mol. The van der Waals surface area contributed by atoms with Crippen LogP contribution in [0.1, 0.15) is 25.0 Å². The number of rotatable bonds is 2. The monoisotopic (exact) mass is 201 g/mol. The fourth-order valence-corrected chi connectivity index (χ4v) is 1.78. The second kappa shape index (κ2) is 3.89. The first-order valence-corrected chi connectivity index (χ1v) is 5.39. The molecule has 0 fully saturated rings. The molecule has 1 aromatic carbocycles. The first-order valence-electron chi connectivity index (χ1n) is 5.39. The molecule has 2 nitrogen and oxygen atoms in total. The second-order valence-corrected chi connectivity index (χ2v) is 3.75. The van der Waals surface area contributed by atoms with Gasteiger partial charge in [0, 0.05) is 11.1 Å². The number of aryl methyl sites for hydroxylation is 2. The summed E-state index contributed by atoms with van der Waals surface area (Å²) in [7, 11) is 0. The van der Waals surface area contributed by atoms with Crippen molar-refractivity contribution < 1.29 is 0 Å². The molecule has 0 aliphatic heterocycles. The lowest BCUT2D eigenvalue weighted by Gasteiger charge is -2.03. The molecule has 78 valence electrons. The Hall–Kier alpha value is -1.57. The summed E-state index contributed by atoms with van der Waals surface area (Å²) in [6, 6.07) is 8.22. The van der Waals surface area contributed by atoms with E-state index in [1.165, 1.54) is 5.56 Å². The fourth-order valence-electron chi connectivity index (χ4n) is 1.78. The van der Waals surface area contributed by atoms with Crippen LogP contribution in [0.5, 0.6) is 0 Å². The SMILES string of the molecule is CCc1ccc2cc(CC)c(=O)[nH]c2c1. The molecule has 0 spiro atoms. The van der Waals surface area contributed by atoms with Gasteiger partial charge in [0.1, 0.15) is 0 Å². The summed E-state index contributed by atoms with van der Waals surface area (Å²) in [4.78, 5) is 14.5. The normalized spacial score (nSPS) is 10.8. The highest BCUT2D eigenvalue weighted by Gasteiger charge is 2.01. The summed E-state index contributed by atoms with van der Waals surface area (Å²) in [5.41, 5.74) is 3.09. The van der Waals surface area contributed by atoms with Crippen molar-refractivity contribution in [3.8, 4) is 0 Å². The standard InChI is InChI=1S/C13H15NO/c1-3-9-5-6-11-8-10(4-2)13(15)14-12(11)7-9/h5-8H,3-4H2,1-2H3,(H,14,15). The van der Waals surface area contributed by atoms with Crippen LogP contribution >= 0.6 is 0 Å². The largest absolute Gasteiger partial charge is 0.322 e. The van der Waals surface area contributed by atoms with Crippen LogP contribution in [-0.2, 0) is 12.8 Å². The van der Waals surface area contributed by atoms with Gasteiger partial charge in [0.25, 0.3) is 5.56 Å². The van der Waals surface area contributed by atoms with Gasteiger partial charge in [-0.15, -0.1) is 0 Å². The Morgan fingerprint density at radius 2 is 1.93 bits per heavy atom. The Balaban J connectivity index is 2.70. The molecule has 2 heteroatoms. The first kappa shape index (κ1) is 9.97. The Morgan fingerprint density at radius 3 is 2.60 bits per heavy atom. The molecule has 1 N–H and O–H groups in total. The number of hydrogen-bond donors (Lipinski definition) is 1. The first-order chi connectivity index (χ1) is 7.24. The topological polar surface area (TPSA) is 32.9 Å². The maximum absolute atomic E-state index is 11.6. The molecule has 0 amide bonds. The Kier molecular flexibility index (Phi) is 2.58. The van der Waals surface area contributed by atoms with E-state index in [9.17, 15) is 4.79 Å². The molecule has 0 saturated heterocycles. The predicted octanol–water partition coefficient (Wildman–Crippen LogP) is 2.65. The van der Waals surface area contributed by atoms with E-state index in [0.29, 0.717) is 0 Å². The number of nitrogens with one attached hydrogen (secondary N) is 1. The van der Waals surface area contributed by atoms with Gasteiger partial charge in [-0.25, -0.2) is 0 Å². The molecule has 15 heavy (non-hydrogen) atoms. The zero-order valence-corrected chi connectivity index (χ0v) is 9.13. The van der Waals surface area contributed by atoms with Gasteiger partial charge < -0.3 is 4.98 Å². The van der Waals surface area contributed by atoms with Gasteiger partial charge in [0.15, 0.2) is 0 Å². The van der Waals surface area contributed by atoms with Crippen molar-refractivity contribution in [1.29, 1.82) is 0 Å².